The standard InChI is InChI=1S/C25H27BrN6O6/c1-30-22-21(23(34)31(2)25(30)35)32(13-17(33)14-38-19-8-6-18(36-3)7-9-19)24(28-22)29-27-12-15-11-16(26)5-10-20(15)37-4/h5-12,17,33H,13-14H2,1-4H3,(H,28,29)/b27-12+/t17-/m1/s1. The number of rotatable bonds is 10. The molecule has 12 nitrogen and oxygen atoms in total. The molecule has 0 fully saturated rings. The fraction of sp³-hybridized carbons (Fsp3) is 0.280. The molecule has 38 heavy (non-hydrogen) atoms. The molecular weight excluding hydrogens is 560 g/mol. The molecule has 2 N–H and O–H groups in total. The van der Waals surface area contributed by atoms with Crippen molar-refractivity contribution in [1.82, 2.24) is 18.7 Å². The predicted octanol–water partition coefficient (Wildman–Crippen LogP) is 2.10. The number of aliphatic hydroxyl groups excluding tert-OH is 1. The molecule has 2 aromatic carbocycles. The van der Waals surface area contributed by atoms with E-state index in [1.54, 1.807) is 44.6 Å². The maximum absolute atomic E-state index is 13.0. The van der Waals surface area contributed by atoms with E-state index in [1.807, 2.05) is 12.1 Å². The molecule has 0 unspecified atom stereocenters. The molecule has 1 atom stereocenters. The SMILES string of the molecule is COc1ccc(OC[C@H](O)Cn2c(N/N=C/c3cc(Br)ccc3OC)nc3c2c(=O)n(C)c(=O)n3C)cc1. The minimum atomic E-state index is -1.02. The zero-order chi connectivity index (χ0) is 27.4. The summed E-state index contributed by atoms with van der Waals surface area (Å²) in [5.41, 5.74) is 2.73. The first-order valence-electron chi connectivity index (χ1n) is 11.5. The largest absolute Gasteiger partial charge is 0.497 e. The number of hydrogen-bond donors (Lipinski definition) is 2. The first-order chi connectivity index (χ1) is 18.2. The van der Waals surface area contributed by atoms with E-state index >= 15 is 0 Å². The molecule has 0 saturated heterocycles. The normalized spacial score (nSPS) is 12.2. The van der Waals surface area contributed by atoms with Crippen LogP contribution < -0.4 is 30.9 Å². The molecule has 0 amide bonds. The van der Waals surface area contributed by atoms with Crippen molar-refractivity contribution < 1.29 is 19.3 Å². The van der Waals surface area contributed by atoms with Crippen LogP contribution in [0.4, 0.5) is 5.95 Å². The fourth-order valence-corrected chi connectivity index (χ4v) is 4.18. The van der Waals surface area contributed by atoms with Gasteiger partial charge in [-0.05, 0) is 42.5 Å². The lowest BCUT2D eigenvalue weighted by Crippen LogP contribution is -2.38. The molecule has 0 saturated carbocycles. The lowest BCUT2D eigenvalue weighted by atomic mass is 10.2. The van der Waals surface area contributed by atoms with E-state index in [0.29, 0.717) is 22.8 Å². The Hall–Kier alpha value is -4.10. The summed E-state index contributed by atoms with van der Waals surface area (Å²) in [6, 6.07) is 12.4. The second kappa shape index (κ2) is 11.5. The van der Waals surface area contributed by atoms with E-state index in [4.69, 9.17) is 14.2 Å². The van der Waals surface area contributed by atoms with E-state index < -0.39 is 17.4 Å². The smallest absolute Gasteiger partial charge is 0.332 e. The molecule has 0 aliphatic heterocycles. The number of fused-ring (bicyclic) bond motifs is 1. The Morgan fingerprint density at radius 1 is 1.08 bits per heavy atom. The van der Waals surface area contributed by atoms with Crippen LogP contribution in [0.5, 0.6) is 17.2 Å². The third kappa shape index (κ3) is 5.58. The number of halogens is 1. The summed E-state index contributed by atoms with van der Waals surface area (Å²) in [6.45, 7) is -0.117. The summed E-state index contributed by atoms with van der Waals surface area (Å²) in [7, 11) is 6.03. The maximum atomic E-state index is 13.0. The van der Waals surface area contributed by atoms with Gasteiger partial charge in [0, 0.05) is 24.1 Å². The molecule has 0 radical (unpaired) electrons. The molecule has 2 aromatic heterocycles. The highest BCUT2D eigenvalue weighted by molar-refractivity contribution is 9.10. The molecule has 0 bridgehead atoms. The Kier molecular flexibility index (Phi) is 8.17. The van der Waals surface area contributed by atoms with E-state index in [-0.39, 0.29) is 30.3 Å². The van der Waals surface area contributed by atoms with E-state index in [0.717, 1.165) is 9.04 Å². The van der Waals surface area contributed by atoms with Crippen molar-refractivity contribution in [3.63, 3.8) is 0 Å². The highest BCUT2D eigenvalue weighted by atomic mass is 79.9. The number of benzene rings is 2. The number of aryl methyl sites for hydroxylation is 1. The highest BCUT2D eigenvalue weighted by Crippen LogP contribution is 2.22. The molecule has 4 rings (SSSR count). The summed E-state index contributed by atoms with van der Waals surface area (Å²) in [4.78, 5) is 30.0. The van der Waals surface area contributed by atoms with Gasteiger partial charge in [-0.3, -0.25) is 13.9 Å². The average molecular weight is 587 g/mol. The van der Waals surface area contributed by atoms with Crippen LogP contribution in [0.15, 0.2) is 61.6 Å². The lowest BCUT2D eigenvalue weighted by molar-refractivity contribution is 0.0938. The van der Waals surface area contributed by atoms with Crippen molar-refractivity contribution in [3.05, 3.63) is 73.3 Å². The zero-order valence-corrected chi connectivity index (χ0v) is 22.8. The minimum Gasteiger partial charge on any atom is -0.497 e. The predicted molar refractivity (Wildman–Crippen MR) is 147 cm³/mol. The van der Waals surface area contributed by atoms with E-state index in [1.165, 1.54) is 29.4 Å². The maximum Gasteiger partial charge on any atom is 0.332 e. The monoisotopic (exact) mass is 586 g/mol. The third-order valence-corrected chi connectivity index (χ3v) is 6.30. The van der Waals surface area contributed by atoms with Gasteiger partial charge in [0.15, 0.2) is 11.2 Å². The van der Waals surface area contributed by atoms with Gasteiger partial charge in [-0.1, -0.05) is 15.9 Å². The van der Waals surface area contributed by atoms with Gasteiger partial charge in [-0.2, -0.15) is 10.1 Å². The molecular formula is C25H27BrN6O6. The Morgan fingerprint density at radius 3 is 2.47 bits per heavy atom. The van der Waals surface area contributed by atoms with Gasteiger partial charge in [0.1, 0.15) is 30.0 Å². The fourth-order valence-electron chi connectivity index (χ4n) is 3.80. The Labute approximate surface area is 225 Å². The van der Waals surface area contributed by atoms with Crippen LogP contribution in [-0.4, -0.2) is 56.9 Å². The van der Waals surface area contributed by atoms with Gasteiger partial charge in [-0.15, -0.1) is 0 Å². The number of nitrogens with one attached hydrogen (secondary N) is 1. The second-order valence-electron chi connectivity index (χ2n) is 8.32. The Morgan fingerprint density at radius 2 is 1.79 bits per heavy atom. The van der Waals surface area contributed by atoms with Crippen LogP contribution in [0.2, 0.25) is 0 Å². The number of anilines is 1. The lowest BCUT2D eigenvalue weighted by Gasteiger charge is -2.15. The number of nitrogens with zero attached hydrogens (tertiary/aromatic N) is 5. The van der Waals surface area contributed by atoms with Crippen molar-refractivity contribution in [3.8, 4) is 17.2 Å². The van der Waals surface area contributed by atoms with E-state index in [2.05, 4.69) is 31.4 Å². The van der Waals surface area contributed by atoms with Gasteiger partial charge in [-0.25, -0.2) is 10.2 Å². The van der Waals surface area contributed by atoms with Gasteiger partial charge >= 0.3 is 5.69 Å². The van der Waals surface area contributed by atoms with Crippen molar-refractivity contribution in [2.24, 2.45) is 19.2 Å². The molecule has 200 valence electrons. The van der Waals surface area contributed by atoms with E-state index in [9.17, 15) is 14.7 Å². The highest BCUT2D eigenvalue weighted by Gasteiger charge is 2.21. The van der Waals surface area contributed by atoms with Crippen LogP contribution in [-0.2, 0) is 20.6 Å². The number of aromatic nitrogens is 4. The summed E-state index contributed by atoms with van der Waals surface area (Å²) >= 11 is 3.42. The molecule has 13 heteroatoms. The van der Waals surface area contributed by atoms with Gasteiger partial charge in [0.2, 0.25) is 5.95 Å². The van der Waals surface area contributed by atoms with Crippen LogP contribution >= 0.6 is 15.9 Å². The average Bonchev–Trinajstić information content (AvgIpc) is 3.27. The van der Waals surface area contributed by atoms with Gasteiger partial charge < -0.3 is 23.9 Å². The topological polar surface area (TPSA) is 134 Å². The molecule has 2 heterocycles. The molecule has 0 spiro atoms. The van der Waals surface area contributed by atoms with Crippen molar-refractivity contribution >= 4 is 39.3 Å². The minimum absolute atomic E-state index is 0.0574. The Balaban J connectivity index is 1.65. The Bertz CT molecular complexity index is 1590. The molecule has 0 aliphatic carbocycles. The van der Waals surface area contributed by atoms with Crippen LogP contribution in [0, 0.1) is 0 Å². The summed E-state index contributed by atoms with van der Waals surface area (Å²) in [5.74, 6) is 1.99. The van der Waals surface area contributed by atoms with Crippen LogP contribution in [0.25, 0.3) is 11.2 Å². The number of imidazole rings is 1. The third-order valence-electron chi connectivity index (χ3n) is 5.80. The van der Waals surface area contributed by atoms with Crippen molar-refractivity contribution in [2.75, 3.05) is 26.3 Å². The number of methoxy groups -OCH3 is 2. The van der Waals surface area contributed by atoms with Crippen molar-refractivity contribution in [2.45, 2.75) is 12.6 Å². The summed E-state index contributed by atoms with van der Waals surface area (Å²) < 4.78 is 20.8. The molecule has 4 aromatic rings. The quantitative estimate of drug-likeness (QED) is 0.213. The first kappa shape index (κ1) is 26.9. The second-order valence-corrected chi connectivity index (χ2v) is 9.24. The summed E-state index contributed by atoms with van der Waals surface area (Å²) in [5, 5.41) is 15.0. The number of ether oxygens (including phenoxy) is 3. The van der Waals surface area contributed by atoms with Gasteiger partial charge in [0.05, 0.1) is 27.0 Å². The number of aliphatic hydroxyl groups is 1. The van der Waals surface area contributed by atoms with Crippen LogP contribution in [0.3, 0.4) is 0 Å². The molecule has 0 aliphatic rings. The first-order valence-corrected chi connectivity index (χ1v) is 12.3. The number of hydrazone groups is 1. The van der Waals surface area contributed by atoms with Crippen LogP contribution in [0.1, 0.15) is 5.56 Å². The van der Waals surface area contributed by atoms with Crippen molar-refractivity contribution in [1.29, 1.82) is 0 Å². The number of hydrogen-bond acceptors (Lipinski definition) is 9. The zero-order valence-electron chi connectivity index (χ0n) is 21.2. The van der Waals surface area contributed by atoms with Gasteiger partial charge in [0.25, 0.3) is 5.56 Å². The summed E-state index contributed by atoms with van der Waals surface area (Å²) in [6.07, 6.45) is 0.513.